The van der Waals surface area contributed by atoms with Gasteiger partial charge in [0.15, 0.2) is 0 Å². The molecule has 1 aliphatic rings. The largest absolute Gasteiger partial charge is 0.373 e. The average molecular weight is 284 g/mol. The molecule has 1 aliphatic heterocycles. The lowest BCUT2D eigenvalue weighted by Crippen LogP contribution is -2.51. The minimum absolute atomic E-state index is 0.230. The van der Waals surface area contributed by atoms with Crippen molar-refractivity contribution < 1.29 is 8.42 Å². The number of sulfonamides is 1. The summed E-state index contributed by atoms with van der Waals surface area (Å²) < 4.78 is 26.5. The molecule has 6 nitrogen and oxygen atoms in total. The molecule has 0 bridgehead atoms. The monoisotopic (exact) mass is 284 g/mol. The van der Waals surface area contributed by atoms with E-state index in [1.165, 1.54) is 10.5 Å². The average Bonchev–Trinajstić information content (AvgIpc) is 2.41. The van der Waals surface area contributed by atoms with E-state index in [-0.39, 0.29) is 10.9 Å². The van der Waals surface area contributed by atoms with Gasteiger partial charge in [0, 0.05) is 38.9 Å². The van der Waals surface area contributed by atoms with Gasteiger partial charge in [0.2, 0.25) is 10.0 Å². The zero-order valence-corrected chi connectivity index (χ0v) is 12.3. The Balaban J connectivity index is 2.21. The van der Waals surface area contributed by atoms with Crippen molar-refractivity contribution >= 4 is 15.8 Å². The molecule has 2 heterocycles. The molecule has 1 saturated heterocycles. The third-order valence-electron chi connectivity index (χ3n) is 3.55. The molecule has 0 aliphatic carbocycles. The zero-order chi connectivity index (χ0) is 14.0. The Morgan fingerprint density at radius 2 is 2.11 bits per heavy atom. The third-order valence-corrected chi connectivity index (χ3v) is 5.40. The van der Waals surface area contributed by atoms with E-state index in [9.17, 15) is 8.42 Å². The molecule has 1 unspecified atom stereocenters. The van der Waals surface area contributed by atoms with Crippen molar-refractivity contribution in [3.05, 3.63) is 18.3 Å². The van der Waals surface area contributed by atoms with Crippen LogP contribution in [-0.2, 0) is 10.0 Å². The Labute approximate surface area is 114 Å². The Hall–Kier alpha value is -1.18. The number of likely N-dealkylation sites (N-methyl/N-ethyl adjacent to an activating group) is 1. The standard InChI is InChI=1S/C12H20N4O2S/c1-10-9-16(7-6-15(10)3)19(17,18)11-4-5-12(13-2)14-8-11/h4-5,8,10H,6-7,9H2,1-3H3,(H,13,14). The Bertz CT molecular complexity index is 529. The highest BCUT2D eigenvalue weighted by Gasteiger charge is 2.30. The van der Waals surface area contributed by atoms with Crippen LogP contribution in [0.1, 0.15) is 6.92 Å². The van der Waals surface area contributed by atoms with Crippen molar-refractivity contribution in [2.24, 2.45) is 0 Å². The van der Waals surface area contributed by atoms with Crippen LogP contribution in [0.5, 0.6) is 0 Å². The van der Waals surface area contributed by atoms with Crippen molar-refractivity contribution in [1.82, 2.24) is 14.2 Å². The Morgan fingerprint density at radius 3 is 2.63 bits per heavy atom. The van der Waals surface area contributed by atoms with E-state index in [4.69, 9.17) is 0 Å². The first kappa shape index (κ1) is 14.2. The van der Waals surface area contributed by atoms with Gasteiger partial charge in [0.05, 0.1) is 0 Å². The molecular weight excluding hydrogens is 264 g/mol. The summed E-state index contributed by atoms with van der Waals surface area (Å²) in [7, 11) is 0.333. The summed E-state index contributed by atoms with van der Waals surface area (Å²) in [4.78, 5) is 6.48. The molecule has 0 radical (unpaired) electrons. The number of aromatic nitrogens is 1. The van der Waals surface area contributed by atoms with Crippen LogP contribution >= 0.6 is 0 Å². The second kappa shape index (κ2) is 5.44. The quantitative estimate of drug-likeness (QED) is 0.873. The highest BCUT2D eigenvalue weighted by Crippen LogP contribution is 2.19. The molecule has 2 rings (SSSR count). The third kappa shape index (κ3) is 2.88. The smallest absolute Gasteiger partial charge is 0.244 e. The maximum atomic E-state index is 12.5. The number of rotatable bonds is 3. The topological polar surface area (TPSA) is 65.5 Å². The Kier molecular flexibility index (Phi) is 4.07. The van der Waals surface area contributed by atoms with Gasteiger partial charge < -0.3 is 10.2 Å². The summed E-state index contributed by atoms with van der Waals surface area (Å²) in [6.45, 7) is 3.83. The lowest BCUT2D eigenvalue weighted by molar-refractivity contribution is 0.159. The van der Waals surface area contributed by atoms with Crippen molar-refractivity contribution in [3.8, 4) is 0 Å². The van der Waals surface area contributed by atoms with Crippen molar-refractivity contribution in [3.63, 3.8) is 0 Å². The number of pyridine rings is 1. The molecule has 106 valence electrons. The minimum Gasteiger partial charge on any atom is -0.373 e. The van der Waals surface area contributed by atoms with E-state index < -0.39 is 10.0 Å². The van der Waals surface area contributed by atoms with Gasteiger partial charge in [-0.05, 0) is 26.1 Å². The number of hydrogen-bond donors (Lipinski definition) is 1. The number of piperazine rings is 1. The normalized spacial score (nSPS) is 22.4. The van der Waals surface area contributed by atoms with Crippen LogP contribution < -0.4 is 5.32 Å². The van der Waals surface area contributed by atoms with Gasteiger partial charge in [-0.2, -0.15) is 4.31 Å². The van der Waals surface area contributed by atoms with E-state index in [1.807, 2.05) is 14.0 Å². The van der Waals surface area contributed by atoms with Gasteiger partial charge in [-0.25, -0.2) is 13.4 Å². The molecule has 19 heavy (non-hydrogen) atoms. The predicted molar refractivity (Wildman–Crippen MR) is 74.6 cm³/mol. The predicted octanol–water partition coefficient (Wildman–Crippen LogP) is 0.448. The molecule has 0 amide bonds. The van der Waals surface area contributed by atoms with Gasteiger partial charge in [0.1, 0.15) is 10.7 Å². The first-order valence-corrected chi connectivity index (χ1v) is 7.73. The van der Waals surface area contributed by atoms with Gasteiger partial charge >= 0.3 is 0 Å². The fourth-order valence-corrected chi connectivity index (χ4v) is 3.52. The van der Waals surface area contributed by atoms with E-state index in [2.05, 4.69) is 15.2 Å². The number of nitrogens with zero attached hydrogens (tertiary/aromatic N) is 3. The SMILES string of the molecule is CNc1ccc(S(=O)(=O)N2CCN(C)C(C)C2)cn1. The highest BCUT2D eigenvalue weighted by atomic mass is 32.2. The maximum Gasteiger partial charge on any atom is 0.244 e. The van der Waals surface area contributed by atoms with Crippen molar-refractivity contribution in [2.45, 2.75) is 17.9 Å². The van der Waals surface area contributed by atoms with Crippen LogP contribution in [0.2, 0.25) is 0 Å². The van der Waals surface area contributed by atoms with Crippen LogP contribution in [-0.4, -0.2) is 62.4 Å². The van der Waals surface area contributed by atoms with Gasteiger partial charge in [0.25, 0.3) is 0 Å². The Morgan fingerprint density at radius 1 is 1.37 bits per heavy atom. The van der Waals surface area contributed by atoms with Gasteiger partial charge in [-0.1, -0.05) is 0 Å². The molecular formula is C12H20N4O2S. The molecule has 1 aromatic rings. The van der Waals surface area contributed by atoms with Crippen molar-refractivity contribution in [1.29, 1.82) is 0 Å². The fourth-order valence-electron chi connectivity index (χ4n) is 2.06. The van der Waals surface area contributed by atoms with E-state index in [1.54, 1.807) is 19.2 Å². The number of anilines is 1. The molecule has 0 spiro atoms. The molecule has 1 aromatic heterocycles. The second-order valence-corrected chi connectivity index (χ2v) is 6.76. The first-order chi connectivity index (χ1) is 8.95. The second-order valence-electron chi connectivity index (χ2n) is 4.82. The van der Waals surface area contributed by atoms with Crippen LogP contribution in [0.25, 0.3) is 0 Å². The molecule has 0 aromatic carbocycles. The van der Waals surface area contributed by atoms with Gasteiger partial charge in [-0.3, -0.25) is 0 Å². The summed E-state index contributed by atoms with van der Waals surface area (Å²) >= 11 is 0. The van der Waals surface area contributed by atoms with E-state index in [0.29, 0.717) is 18.9 Å². The lowest BCUT2D eigenvalue weighted by atomic mass is 10.2. The minimum atomic E-state index is -3.43. The summed E-state index contributed by atoms with van der Waals surface area (Å²) in [5.74, 6) is 0.658. The fraction of sp³-hybridized carbons (Fsp3) is 0.583. The molecule has 7 heteroatoms. The zero-order valence-electron chi connectivity index (χ0n) is 11.5. The number of nitrogens with one attached hydrogen (secondary N) is 1. The van der Waals surface area contributed by atoms with Crippen LogP contribution in [0.15, 0.2) is 23.2 Å². The first-order valence-electron chi connectivity index (χ1n) is 6.29. The van der Waals surface area contributed by atoms with Crippen LogP contribution in [0, 0.1) is 0 Å². The summed E-state index contributed by atoms with van der Waals surface area (Å²) in [6, 6.07) is 3.50. The molecule has 1 N–H and O–H groups in total. The molecule has 1 atom stereocenters. The van der Waals surface area contributed by atoms with Gasteiger partial charge in [-0.15, -0.1) is 0 Å². The highest BCUT2D eigenvalue weighted by molar-refractivity contribution is 7.89. The van der Waals surface area contributed by atoms with E-state index in [0.717, 1.165) is 6.54 Å². The maximum absolute atomic E-state index is 12.5. The summed E-state index contributed by atoms with van der Waals surface area (Å²) in [5, 5.41) is 2.87. The number of hydrogen-bond acceptors (Lipinski definition) is 5. The summed E-state index contributed by atoms with van der Waals surface area (Å²) in [6.07, 6.45) is 1.41. The molecule has 1 fully saturated rings. The van der Waals surface area contributed by atoms with E-state index >= 15 is 0 Å². The lowest BCUT2D eigenvalue weighted by Gasteiger charge is -2.36. The molecule has 0 saturated carbocycles. The summed E-state index contributed by atoms with van der Waals surface area (Å²) in [5.41, 5.74) is 0. The van der Waals surface area contributed by atoms with Crippen LogP contribution in [0.3, 0.4) is 0 Å². The van der Waals surface area contributed by atoms with Crippen molar-refractivity contribution in [2.75, 3.05) is 39.0 Å². The van der Waals surface area contributed by atoms with Crippen LogP contribution in [0.4, 0.5) is 5.82 Å².